The third-order valence-corrected chi connectivity index (χ3v) is 3.90. The van der Waals surface area contributed by atoms with Crippen LogP contribution in [-0.4, -0.2) is 40.3 Å². The molecule has 1 aliphatic heterocycles. The first-order valence-corrected chi connectivity index (χ1v) is 7.57. The monoisotopic (exact) mass is 300 g/mol. The zero-order valence-electron chi connectivity index (χ0n) is 12.9. The van der Waals surface area contributed by atoms with E-state index in [2.05, 4.69) is 16.8 Å². The van der Waals surface area contributed by atoms with E-state index in [1.54, 1.807) is 23.0 Å². The quantitative estimate of drug-likeness (QED) is 0.860. The molecule has 22 heavy (non-hydrogen) atoms. The lowest BCUT2D eigenvalue weighted by molar-refractivity contribution is 0.0975. The summed E-state index contributed by atoms with van der Waals surface area (Å²) in [4.78, 5) is 23.4. The van der Waals surface area contributed by atoms with Gasteiger partial charge in [0.1, 0.15) is 0 Å². The van der Waals surface area contributed by atoms with Gasteiger partial charge in [0.15, 0.2) is 0 Å². The highest BCUT2D eigenvalue weighted by Crippen LogP contribution is 2.21. The Kier molecular flexibility index (Phi) is 4.20. The highest BCUT2D eigenvalue weighted by Gasteiger charge is 2.23. The van der Waals surface area contributed by atoms with Crippen LogP contribution in [0.2, 0.25) is 0 Å². The number of ether oxygens (including phenoxy) is 1. The zero-order chi connectivity index (χ0) is 15.5. The fourth-order valence-electron chi connectivity index (χ4n) is 2.71. The molecule has 6 heteroatoms. The maximum Gasteiger partial charge on any atom is 0.255 e. The van der Waals surface area contributed by atoms with Gasteiger partial charge in [0, 0.05) is 37.1 Å². The van der Waals surface area contributed by atoms with E-state index in [0.29, 0.717) is 25.5 Å². The van der Waals surface area contributed by atoms with Gasteiger partial charge in [-0.2, -0.15) is 0 Å². The lowest BCUT2D eigenvalue weighted by Gasteiger charge is -2.35. The molecule has 2 aromatic rings. The molecular weight excluding hydrogens is 280 g/mol. The van der Waals surface area contributed by atoms with Crippen molar-refractivity contribution in [2.24, 2.45) is 0 Å². The van der Waals surface area contributed by atoms with Gasteiger partial charge >= 0.3 is 0 Å². The summed E-state index contributed by atoms with van der Waals surface area (Å²) < 4.78 is 7.20. The van der Waals surface area contributed by atoms with E-state index in [0.717, 1.165) is 18.1 Å². The standard InChI is InChI=1S/C16H20N4O2/c1-3-19-15(21)10-14(13-4-6-17-7-5-13)18-16(19)20-8-9-22-11-12(20)2/h4-7,10,12H,3,8-9,11H2,1-2H3/t12-/m1/s1. The lowest BCUT2D eigenvalue weighted by atomic mass is 10.2. The highest BCUT2D eigenvalue weighted by atomic mass is 16.5. The second-order valence-corrected chi connectivity index (χ2v) is 5.38. The first kappa shape index (κ1) is 14.7. The summed E-state index contributed by atoms with van der Waals surface area (Å²) in [6, 6.07) is 5.52. The van der Waals surface area contributed by atoms with Crippen molar-refractivity contribution in [1.29, 1.82) is 0 Å². The largest absolute Gasteiger partial charge is 0.377 e. The molecule has 6 nitrogen and oxygen atoms in total. The average molecular weight is 300 g/mol. The third-order valence-electron chi connectivity index (χ3n) is 3.90. The molecule has 0 aromatic carbocycles. The van der Waals surface area contributed by atoms with E-state index < -0.39 is 0 Å². The molecule has 3 heterocycles. The minimum absolute atomic E-state index is 0.0296. The molecule has 116 valence electrons. The fourth-order valence-corrected chi connectivity index (χ4v) is 2.71. The minimum atomic E-state index is -0.0296. The van der Waals surface area contributed by atoms with E-state index in [1.807, 2.05) is 19.1 Å². The highest BCUT2D eigenvalue weighted by molar-refractivity contribution is 5.59. The van der Waals surface area contributed by atoms with Crippen molar-refractivity contribution < 1.29 is 4.74 Å². The van der Waals surface area contributed by atoms with Crippen molar-refractivity contribution in [3.63, 3.8) is 0 Å². The Morgan fingerprint density at radius 3 is 2.82 bits per heavy atom. The number of morpholine rings is 1. The number of rotatable bonds is 3. The van der Waals surface area contributed by atoms with Crippen LogP contribution in [0.25, 0.3) is 11.3 Å². The van der Waals surface area contributed by atoms with Crippen LogP contribution in [0.15, 0.2) is 35.4 Å². The van der Waals surface area contributed by atoms with Crippen LogP contribution in [0.5, 0.6) is 0 Å². The van der Waals surface area contributed by atoms with E-state index in [9.17, 15) is 4.79 Å². The van der Waals surface area contributed by atoms with E-state index in [4.69, 9.17) is 9.72 Å². The van der Waals surface area contributed by atoms with Crippen LogP contribution >= 0.6 is 0 Å². The third kappa shape index (κ3) is 2.74. The van der Waals surface area contributed by atoms with Crippen molar-refractivity contribution in [3.8, 4) is 11.3 Å². The smallest absolute Gasteiger partial charge is 0.255 e. The van der Waals surface area contributed by atoms with E-state index in [1.165, 1.54) is 0 Å². The minimum Gasteiger partial charge on any atom is -0.377 e. The molecule has 1 atom stereocenters. The maximum atomic E-state index is 12.5. The van der Waals surface area contributed by atoms with Gasteiger partial charge in [-0.1, -0.05) is 0 Å². The van der Waals surface area contributed by atoms with Crippen molar-refractivity contribution in [2.75, 3.05) is 24.7 Å². The van der Waals surface area contributed by atoms with E-state index >= 15 is 0 Å². The molecule has 1 fully saturated rings. The Morgan fingerprint density at radius 2 is 2.14 bits per heavy atom. The Bertz CT molecular complexity index is 699. The lowest BCUT2D eigenvalue weighted by Crippen LogP contribution is -2.46. The molecular formula is C16H20N4O2. The van der Waals surface area contributed by atoms with Gasteiger partial charge in [0.2, 0.25) is 5.95 Å². The van der Waals surface area contributed by atoms with E-state index in [-0.39, 0.29) is 11.6 Å². The Balaban J connectivity index is 2.11. The number of aromatic nitrogens is 3. The summed E-state index contributed by atoms with van der Waals surface area (Å²) in [6.45, 7) is 6.70. The van der Waals surface area contributed by atoms with Crippen LogP contribution in [0.1, 0.15) is 13.8 Å². The molecule has 1 aliphatic rings. The van der Waals surface area contributed by atoms with Gasteiger partial charge in [-0.3, -0.25) is 14.3 Å². The second kappa shape index (κ2) is 6.27. The van der Waals surface area contributed by atoms with Crippen LogP contribution in [0.4, 0.5) is 5.95 Å². The molecule has 0 spiro atoms. The summed E-state index contributed by atoms with van der Waals surface area (Å²) in [6.07, 6.45) is 3.42. The van der Waals surface area contributed by atoms with Crippen LogP contribution in [-0.2, 0) is 11.3 Å². The number of hydrogen-bond donors (Lipinski definition) is 0. The molecule has 3 rings (SSSR count). The summed E-state index contributed by atoms with van der Waals surface area (Å²) >= 11 is 0. The summed E-state index contributed by atoms with van der Waals surface area (Å²) in [7, 11) is 0. The van der Waals surface area contributed by atoms with Crippen LogP contribution in [0, 0.1) is 0 Å². The maximum absolute atomic E-state index is 12.5. The SMILES string of the molecule is CCn1c(N2CCOC[C@H]2C)nc(-c2ccncc2)cc1=O. The van der Waals surface area contributed by atoms with Gasteiger partial charge in [0.25, 0.3) is 5.56 Å². The fraction of sp³-hybridized carbons (Fsp3) is 0.438. The molecule has 0 N–H and O–H groups in total. The van der Waals surface area contributed by atoms with Gasteiger partial charge < -0.3 is 9.64 Å². The normalized spacial score (nSPS) is 18.5. The van der Waals surface area contributed by atoms with Crippen LogP contribution in [0.3, 0.4) is 0 Å². The predicted molar refractivity (Wildman–Crippen MR) is 85.0 cm³/mol. The molecule has 0 amide bonds. The zero-order valence-corrected chi connectivity index (χ0v) is 12.9. The molecule has 0 saturated carbocycles. The number of pyridine rings is 1. The molecule has 0 bridgehead atoms. The average Bonchev–Trinajstić information content (AvgIpc) is 2.55. The van der Waals surface area contributed by atoms with Gasteiger partial charge in [0.05, 0.1) is 24.9 Å². The Morgan fingerprint density at radius 1 is 1.36 bits per heavy atom. The van der Waals surface area contributed by atoms with Gasteiger partial charge in [-0.15, -0.1) is 0 Å². The first-order chi connectivity index (χ1) is 10.7. The summed E-state index contributed by atoms with van der Waals surface area (Å²) in [5, 5.41) is 0. The molecule has 0 unspecified atom stereocenters. The number of anilines is 1. The molecule has 2 aromatic heterocycles. The van der Waals surface area contributed by atoms with Gasteiger partial charge in [-0.05, 0) is 26.0 Å². The summed E-state index contributed by atoms with van der Waals surface area (Å²) in [5.41, 5.74) is 1.56. The van der Waals surface area contributed by atoms with Crippen molar-refractivity contribution in [1.82, 2.24) is 14.5 Å². The van der Waals surface area contributed by atoms with Crippen molar-refractivity contribution in [3.05, 3.63) is 40.9 Å². The Hall–Kier alpha value is -2.21. The van der Waals surface area contributed by atoms with Gasteiger partial charge in [-0.25, -0.2) is 4.98 Å². The van der Waals surface area contributed by atoms with Crippen molar-refractivity contribution in [2.45, 2.75) is 26.4 Å². The van der Waals surface area contributed by atoms with Crippen LogP contribution < -0.4 is 10.5 Å². The molecule has 0 aliphatic carbocycles. The molecule has 0 radical (unpaired) electrons. The summed E-state index contributed by atoms with van der Waals surface area (Å²) in [5.74, 6) is 0.720. The predicted octanol–water partition coefficient (Wildman–Crippen LogP) is 1.55. The molecule has 1 saturated heterocycles. The number of hydrogen-bond acceptors (Lipinski definition) is 5. The topological polar surface area (TPSA) is 60.2 Å². The number of nitrogens with zero attached hydrogens (tertiary/aromatic N) is 4. The first-order valence-electron chi connectivity index (χ1n) is 7.57. The Labute approximate surface area is 129 Å². The van der Waals surface area contributed by atoms with Crippen molar-refractivity contribution >= 4 is 5.95 Å². The second-order valence-electron chi connectivity index (χ2n) is 5.38.